The molecule has 0 saturated carbocycles. The van der Waals surface area contributed by atoms with Crippen LogP contribution in [0.15, 0.2) is 30.3 Å². The van der Waals surface area contributed by atoms with E-state index in [1.807, 2.05) is 30.3 Å². The summed E-state index contributed by atoms with van der Waals surface area (Å²) < 4.78 is 0. The number of rotatable bonds is 0. The van der Waals surface area contributed by atoms with Crippen LogP contribution in [-0.2, 0) is 25.8 Å². The zero-order valence-electron chi connectivity index (χ0n) is 4.52. The number of hydrogen-bond acceptors (Lipinski definition) is 0. The van der Waals surface area contributed by atoms with Gasteiger partial charge in [0.05, 0.1) is 0 Å². The Labute approximate surface area is 92.8 Å². The molecular formula is C5H5Cl3Hf. The van der Waals surface area contributed by atoms with Gasteiger partial charge in [0.2, 0.25) is 0 Å². The minimum Gasteiger partial charge on any atom is -1.00 e. The van der Waals surface area contributed by atoms with Crippen molar-refractivity contribution in [2.24, 2.45) is 0 Å². The zero-order chi connectivity index (χ0) is 3.54. The van der Waals surface area contributed by atoms with Crippen molar-refractivity contribution in [3.63, 3.8) is 0 Å². The molecule has 0 bridgehead atoms. The Bertz CT molecular complexity index is 68.7. The third-order valence-corrected chi connectivity index (χ3v) is 0.556. The number of hydrogen-bond donors (Lipinski definition) is 0. The van der Waals surface area contributed by atoms with Crippen LogP contribution in [-0.4, -0.2) is 0 Å². The fourth-order valence-electron chi connectivity index (χ4n) is 0.321. The maximum absolute atomic E-state index is 2.00. The van der Waals surface area contributed by atoms with Crippen LogP contribution in [0, 0.1) is 0 Å². The summed E-state index contributed by atoms with van der Waals surface area (Å²) in [5, 5.41) is 0. The fraction of sp³-hybridized carbons (Fsp3) is 0. The van der Waals surface area contributed by atoms with E-state index in [0.29, 0.717) is 0 Å². The van der Waals surface area contributed by atoms with Gasteiger partial charge < -0.3 is 37.2 Å². The van der Waals surface area contributed by atoms with Gasteiger partial charge in [-0.05, 0) is 0 Å². The molecule has 0 aliphatic carbocycles. The van der Waals surface area contributed by atoms with Crippen LogP contribution in [0.4, 0.5) is 0 Å². The number of halogens is 3. The Balaban J connectivity index is -0.0000000312. The Hall–Kier alpha value is 1.09. The van der Waals surface area contributed by atoms with Crippen LogP contribution < -0.4 is 37.2 Å². The molecule has 50 valence electrons. The first-order valence-electron chi connectivity index (χ1n) is 1.67. The van der Waals surface area contributed by atoms with Crippen LogP contribution in [0.5, 0.6) is 0 Å². The largest absolute Gasteiger partial charge is 4.00 e. The molecule has 0 N–H and O–H groups in total. The predicted molar refractivity (Wildman–Crippen MR) is 22.0 cm³/mol. The van der Waals surface area contributed by atoms with Crippen molar-refractivity contribution < 1.29 is 63.1 Å². The molecule has 4 heteroatoms. The molecule has 0 amide bonds. The van der Waals surface area contributed by atoms with Gasteiger partial charge in [0.1, 0.15) is 0 Å². The van der Waals surface area contributed by atoms with Crippen molar-refractivity contribution in [2.75, 3.05) is 0 Å². The molecule has 0 aliphatic heterocycles. The second kappa shape index (κ2) is 16.0. The predicted octanol–water partition coefficient (Wildman–Crippen LogP) is -7.59. The fourth-order valence-corrected chi connectivity index (χ4v) is 0.321. The second-order valence-corrected chi connectivity index (χ2v) is 0.962. The van der Waals surface area contributed by atoms with E-state index in [9.17, 15) is 0 Å². The maximum atomic E-state index is 2.00. The summed E-state index contributed by atoms with van der Waals surface area (Å²) in [7, 11) is 0. The van der Waals surface area contributed by atoms with E-state index in [4.69, 9.17) is 0 Å². The monoisotopic (exact) mass is 350 g/mol. The summed E-state index contributed by atoms with van der Waals surface area (Å²) in [5.74, 6) is 0. The summed E-state index contributed by atoms with van der Waals surface area (Å²) in [6.07, 6.45) is 0. The van der Waals surface area contributed by atoms with E-state index in [1.165, 1.54) is 0 Å². The van der Waals surface area contributed by atoms with Gasteiger partial charge >= 0.3 is 25.8 Å². The minimum absolute atomic E-state index is 0. The zero-order valence-corrected chi connectivity index (χ0v) is 10.4. The van der Waals surface area contributed by atoms with Crippen molar-refractivity contribution in [3.05, 3.63) is 30.3 Å². The van der Waals surface area contributed by atoms with Gasteiger partial charge in [0, 0.05) is 0 Å². The van der Waals surface area contributed by atoms with Gasteiger partial charge in [0.15, 0.2) is 0 Å². The van der Waals surface area contributed by atoms with Crippen molar-refractivity contribution in [1.82, 2.24) is 0 Å². The Morgan fingerprint density at radius 3 is 1.22 bits per heavy atom. The first kappa shape index (κ1) is 22.5. The molecule has 0 saturated heterocycles. The van der Waals surface area contributed by atoms with Crippen LogP contribution >= 0.6 is 0 Å². The summed E-state index contributed by atoms with van der Waals surface area (Å²) in [6, 6.07) is 10.0. The van der Waals surface area contributed by atoms with Crippen LogP contribution in [0.2, 0.25) is 0 Å². The molecule has 0 nitrogen and oxygen atoms in total. The SMILES string of the molecule is [Cl-].[Cl-].[Cl-].[Hf+4].c1cc[cH-]c1. The van der Waals surface area contributed by atoms with Gasteiger partial charge in [0.25, 0.3) is 0 Å². The molecule has 1 rings (SSSR count). The molecule has 0 aliphatic rings. The van der Waals surface area contributed by atoms with Crippen molar-refractivity contribution >= 4 is 0 Å². The van der Waals surface area contributed by atoms with Gasteiger partial charge in [-0.25, -0.2) is 12.1 Å². The first-order chi connectivity index (χ1) is 2.50. The minimum atomic E-state index is 0. The third kappa shape index (κ3) is 12.3. The van der Waals surface area contributed by atoms with Gasteiger partial charge in [-0.15, -0.1) is 0 Å². The Morgan fingerprint density at radius 2 is 1.11 bits per heavy atom. The van der Waals surface area contributed by atoms with E-state index in [1.54, 1.807) is 0 Å². The molecule has 0 spiro atoms. The Morgan fingerprint density at radius 1 is 0.778 bits per heavy atom. The maximum Gasteiger partial charge on any atom is 4.00 e. The van der Waals surface area contributed by atoms with Crippen LogP contribution in [0.1, 0.15) is 0 Å². The van der Waals surface area contributed by atoms with E-state index in [-0.39, 0.29) is 63.1 Å². The molecule has 0 atom stereocenters. The third-order valence-electron chi connectivity index (χ3n) is 0.556. The molecule has 0 fully saturated rings. The second-order valence-electron chi connectivity index (χ2n) is 0.962. The smallest absolute Gasteiger partial charge is 1.00 e. The van der Waals surface area contributed by atoms with Crippen molar-refractivity contribution in [2.45, 2.75) is 0 Å². The normalized spacial score (nSPS) is 4.44. The average molecular weight is 350 g/mol. The standard InChI is InChI=1S/C5H5.3ClH.Hf/c1-2-4-5-3-1;;;;/h1-5H;3*1H;/q-1;;;;+4/p-3. The molecule has 9 heavy (non-hydrogen) atoms. The molecule has 0 radical (unpaired) electrons. The van der Waals surface area contributed by atoms with E-state index in [2.05, 4.69) is 0 Å². The van der Waals surface area contributed by atoms with Crippen molar-refractivity contribution in [3.8, 4) is 0 Å². The van der Waals surface area contributed by atoms with E-state index >= 15 is 0 Å². The van der Waals surface area contributed by atoms with Gasteiger partial charge in [-0.3, -0.25) is 0 Å². The first-order valence-corrected chi connectivity index (χ1v) is 1.67. The van der Waals surface area contributed by atoms with Crippen molar-refractivity contribution in [1.29, 1.82) is 0 Å². The topological polar surface area (TPSA) is 0 Å². The molecule has 0 aromatic heterocycles. The molecule has 0 heterocycles. The van der Waals surface area contributed by atoms with E-state index < -0.39 is 0 Å². The van der Waals surface area contributed by atoms with Gasteiger partial charge in [-0.1, -0.05) is 0 Å². The van der Waals surface area contributed by atoms with Crippen LogP contribution in [0.3, 0.4) is 0 Å². The summed E-state index contributed by atoms with van der Waals surface area (Å²) in [5.41, 5.74) is 0. The Kier molecular flexibility index (Phi) is 40.1. The quantitative estimate of drug-likeness (QED) is 0.322. The summed E-state index contributed by atoms with van der Waals surface area (Å²) in [6.45, 7) is 0. The van der Waals surface area contributed by atoms with Gasteiger partial charge in [-0.2, -0.15) is 18.2 Å². The molecule has 1 aromatic rings. The summed E-state index contributed by atoms with van der Waals surface area (Å²) in [4.78, 5) is 0. The molecule has 1 aromatic carbocycles. The average Bonchev–Trinajstić information content (AvgIpc) is 1.76. The molecular weight excluding hydrogens is 345 g/mol. The summed E-state index contributed by atoms with van der Waals surface area (Å²) >= 11 is 0. The molecule has 0 unspecified atom stereocenters. The van der Waals surface area contributed by atoms with E-state index in [0.717, 1.165) is 0 Å². The van der Waals surface area contributed by atoms with Crippen LogP contribution in [0.25, 0.3) is 0 Å².